The van der Waals surface area contributed by atoms with Gasteiger partial charge >= 0.3 is 0 Å². The summed E-state index contributed by atoms with van der Waals surface area (Å²) in [5, 5.41) is 16.5. The number of rotatable bonds is 4. The summed E-state index contributed by atoms with van der Waals surface area (Å²) >= 11 is 1.54. The molecule has 0 radical (unpaired) electrons. The van der Waals surface area contributed by atoms with Crippen LogP contribution in [-0.4, -0.2) is 33.4 Å². The molecule has 3 heterocycles. The van der Waals surface area contributed by atoms with Crippen molar-refractivity contribution < 1.29 is 9.72 Å². The average molecular weight is 369 g/mol. The first kappa shape index (κ1) is 16.4. The molecule has 1 aromatic carbocycles. The summed E-state index contributed by atoms with van der Waals surface area (Å²) in [4.78, 5) is 34.6. The van der Waals surface area contributed by atoms with Crippen LogP contribution in [-0.2, 0) is 4.79 Å². The molecule has 1 saturated heterocycles. The Morgan fingerprint density at radius 3 is 2.85 bits per heavy atom. The van der Waals surface area contributed by atoms with Gasteiger partial charge in [-0.1, -0.05) is 0 Å². The number of hydrogen-bond donors (Lipinski definition) is 1. The van der Waals surface area contributed by atoms with Crippen LogP contribution in [0.1, 0.15) is 12.8 Å². The molecule has 1 aliphatic heterocycles. The zero-order valence-corrected chi connectivity index (χ0v) is 14.5. The number of amides is 1. The maximum absolute atomic E-state index is 12.8. The van der Waals surface area contributed by atoms with E-state index in [0.717, 1.165) is 35.4 Å². The Morgan fingerprint density at radius 1 is 1.27 bits per heavy atom. The lowest BCUT2D eigenvalue weighted by Gasteiger charge is -2.25. The summed E-state index contributed by atoms with van der Waals surface area (Å²) in [5.74, 6) is 0.635. The predicted octanol–water partition coefficient (Wildman–Crippen LogP) is 3.21. The minimum Gasteiger partial charge on any atom is -0.344 e. The standard InChI is InChI=1S/C17H15N5O3S/c23-16(20-11-3-5-12(6-4-11)22(24)25)14-2-1-8-21(14)15-13-7-9-26-17(13)19-10-18-15/h3-7,9-10,14H,1-2,8H2,(H,20,23). The normalized spacial score (nSPS) is 16.8. The molecule has 132 valence electrons. The van der Waals surface area contributed by atoms with Gasteiger partial charge in [-0.05, 0) is 36.4 Å². The Labute approximate surface area is 152 Å². The number of carbonyl (C=O) groups is 1. The average Bonchev–Trinajstić information content (AvgIpc) is 3.31. The molecule has 0 bridgehead atoms. The molecule has 4 rings (SSSR count). The van der Waals surface area contributed by atoms with Gasteiger partial charge in [0.25, 0.3) is 5.69 Å². The molecule has 1 unspecified atom stereocenters. The summed E-state index contributed by atoms with van der Waals surface area (Å²) in [7, 11) is 0. The minimum absolute atomic E-state index is 0.00803. The second-order valence-corrected chi connectivity index (χ2v) is 6.88. The van der Waals surface area contributed by atoms with Gasteiger partial charge in [0.1, 0.15) is 23.0 Å². The number of nitro groups is 1. The van der Waals surface area contributed by atoms with Crippen LogP contribution >= 0.6 is 11.3 Å². The number of nitro benzene ring substituents is 1. The van der Waals surface area contributed by atoms with E-state index in [1.54, 1.807) is 11.3 Å². The largest absolute Gasteiger partial charge is 0.344 e. The van der Waals surface area contributed by atoms with Crippen molar-refractivity contribution in [1.82, 2.24) is 9.97 Å². The zero-order chi connectivity index (χ0) is 18.1. The number of nitrogens with one attached hydrogen (secondary N) is 1. The first-order chi connectivity index (χ1) is 12.6. The lowest BCUT2D eigenvalue weighted by atomic mass is 10.2. The van der Waals surface area contributed by atoms with E-state index in [-0.39, 0.29) is 17.6 Å². The molecule has 3 aromatic rings. The topological polar surface area (TPSA) is 101 Å². The molecular weight excluding hydrogens is 354 g/mol. The van der Waals surface area contributed by atoms with Gasteiger partial charge in [0, 0.05) is 24.4 Å². The Kier molecular flexibility index (Phi) is 4.21. The lowest BCUT2D eigenvalue weighted by molar-refractivity contribution is -0.384. The highest BCUT2D eigenvalue weighted by molar-refractivity contribution is 7.16. The number of anilines is 2. The van der Waals surface area contributed by atoms with Gasteiger partial charge in [0.05, 0.1) is 10.3 Å². The summed E-state index contributed by atoms with van der Waals surface area (Å²) in [5.41, 5.74) is 0.530. The number of fused-ring (bicyclic) bond motifs is 1. The third kappa shape index (κ3) is 2.97. The molecule has 1 amide bonds. The van der Waals surface area contributed by atoms with Crippen LogP contribution in [0.15, 0.2) is 42.0 Å². The van der Waals surface area contributed by atoms with Crippen molar-refractivity contribution in [2.24, 2.45) is 0 Å². The van der Waals surface area contributed by atoms with Crippen molar-refractivity contribution in [3.8, 4) is 0 Å². The maximum Gasteiger partial charge on any atom is 0.269 e. The van der Waals surface area contributed by atoms with E-state index >= 15 is 0 Å². The molecule has 9 heteroatoms. The molecule has 1 atom stereocenters. The molecule has 2 aromatic heterocycles. The van der Waals surface area contributed by atoms with E-state index in [2.05, 4.69) is 15.3 Å². The third-order valence-electron chi connectivity index (χ3n) is 4.41. The smallest absolute Gasteiger partial charge is 0.269 e. The van der Waals surface area contributed by atoms with Gasteiger partial charge in [-0.3, -0.25) is 14.9 Å². The maximum atomic E-state index is 12.8. The highest BCUT2D eigenvalue weighted by Gasteiger charge is 2.32. The Balaban J connectivity index is 1.55. The van der Waals surface area contributed by atoms with E-state index in [0.29, 0.717) is 5.69 Å². The van der Waals surface area contributed by atoms with Crippen LogP contribution in [0.25, 0.3) is 10.2 Å². The second-order valence-electron chi connectivity index (χ2n) is 5.98. The van der Waals surface area contributed by atoms with Gasteiger partial charge in [0.15, 0.2) is 0 Å². The van der Waals surface area contributed by atoms with Gasteiger partial charge in [0.2, 0.25) is 5.91 Å². The molecular formula is C17H15N5O3S. The van der Waals surface area contributed by atoms with Crippen LogP contribution < -0.4 is 10.2 Å². The molecule has 0 saturated carbocycles. The number of benzene rings is 1. The Hall–Kier alpha value is -3.07. The zero-order valence-electron chi connectivity index (χ0n) is 13.7. The monoisotopic (exact) mass is 369 g/mol. The van der Waals surface area contributed by atoms with Gasteiger partial charge in [-0.25, -0.2) is 9.97 Å². The number of thiophene rings is 1. The number of carbonyl (C=O) groups excluding carboxylic acids is 1. The van der Waals surface area contributed by atoms with E-state index in [1.807, 2.05) is 16.3 Å². The van der Waals surface area contributed by atoms with Crippen molar-refractivity contribution in [3.05, 3.63) is 52.2 Å². The lowest BCUT2D eigenvalue weighted by Crippen LogP contribution is -2.40. The minimum atomic E-state index is -0.467. The molecule has 1 N–H and O–H groups in total. The molecule has 0 spiro atoms. The van der Waals surface area contributed by atoms with E-state index in [4.69, 9.17) is 0 Å². The first-order valence-electron chi connectivity index (χ1n) is 8.13. The van der Waals surface area contributed by atoms with Crippen molar-refractivity contribution in [2.75, 3.05) is 16.8 Å². The van der Waals surface area contributed by atoms with Crippen molar-refractivity contribution >= 4 is 44.7 Å². The quantitative estimate of drug-likeness (QED) is 0.560. The molecule has 0 aliphatic carbocycles. The van der Waals surface area contributed by atoms with E-state index in [1.165, 1.54) is 30.6 Å². The summed E-state index contributed by atoms with van der Waals surface area (Å²) in [6, 6.07) is 7.47. The summed E-state index contributed by atoms with van der Waals surface area (Å²) < 4.78 is 0. The van der Waals surface area contributed by atoms with Gasteiger partial charge < -0.3 is 10.2 Å². The Morgan fingerprint density at radius 2 is 2.08 bits per heavy atom. The predicted molar refractivity (Wildman–Crippen MR) is 99.5 cm³/mol. The number of nitrogens with zero attached hydrogens (tertiary/aromatic N) is 4. The van der Waals surface area contributed by atoms with Crippen molar-refractivity contribution in [1.29, 1.82) is 0 Å². The molecule has 8 nitrogen and oxygen atoms in total. The fraction of sp³-hybridized carbons (Fsp3) is 0.235. The number of aromatic nitrogens is 2. The fourth-order valence-electron chi connectivity index (χ4n) is 3.19. The molecule has 26 heavy (non-hydrogen) atoms. The van der Waals surface area contributed by atoms with Gasteiger partial charge in [-0.15, -0.1) is 11.3 Å². The van der Waals surface area contributed by atoms with Crippen LogP contribution in [0.5, 0.6) is 0 Å². The van der Waals surface area contributed by atoms with Crippen LogP contribution in [0.3, 0.4) is 0 Å². The van der Waals surface area contributed by atoms with Crippen LogP contribution in [0, 0.1) is 10.1 Å². The van der Waals surface area contributed by atoms with Crippen LogP contribution in [0.4, 0.5) is 17.2 Å². The fourth-order valence-corrected chi connectivity index (χ4v) is 3.92. The SMILES string of the molecule is O=C(Nc1ccc([N+](=O)[O-])cc1)C1CCCN1c1ncnc2sccc12. The van der Waals surface area contributed by atoms with E-state index in [9.17, 15) is 14.9 Å². The van der Waals surface area contributed by atoms with Gasteiger partial charge in [-0.2, -0.15) is 0 Å². The Bertz CT molecular complexity index is 972. The summed E-state index contributed by atoms with van der Waals surface area (Å²) in [6.07, 6.45) is 3.15. The highest BCUT2D eigenvalue weighted by Crippen LogP contribution is 2.32. The number of hydrogen-bond acceptors (Lipinski definition) is 7. The molecule has 1 fully saturated rings. The van der Waals surface area contributed by atoms with Crippen molar-refractivity contribution in [3.63, 3.8) is 0 Å². The third-order valence-corrected chi connectivity index (χ3v) is 5.23. The number of non-ortho nitro benzene ring substituents is 1. The van der Waals surface area contributed by atoms with E-state index < -0.39 is 4.92 Å². The second kappa shape index (κ2) is 6.68. The first-order valence-corrected chi connectivity index (χ1v) is 9.01. The highest BCUT2D eigenvalue weighted by atomic mass is 32.1. The molecule has 1 aliphatic rings. The van der Waals surface area contributed by atoms with Crippen molar-refractivity contribution in [2.45, 2.75) is 18.9 Å². The summed E-state index contributed by atoms with van der Waals surface area (Å²) in [6.45, 7) is 0.750. The van der Waals surface area contributed by atoms with Crippen LogP contribution in [0.2, 0.25) is 0 Å².